The molecule has 5 heteroatoms. The molecule has 1 amide bonds. The van der Waals surface area contributed by atoms with E-state index in [4.69, 9.17) is 4.74 Å². The minimum absolute atomic E-state index is 0.421. The molecule has 2 rings (SSSR count). The van der Waals surface area contributed by atoms with Gasteiger partial charge in [0, 0.05) is 0 Å². The summed E-state index contributed by atoms with van der Waals surface area (Å²) < 4.78 is 5.25. The van der Waals surface area contributed by atoms with E-state index in [9.17, 15) is 14.9 Å². The number of carbonyl (C=O) groups excluding carboxylic acids is 2. The van der Waals surface area contributed by atoms with E-state index in [1.54, 1.807) is 12.1 Å². The number of amides is 1. The molecule has 5 nitrogen and oxygen atoms in total. The highest BCUT2D eigenvalue weighted by Gasteiger charge is 2.35. The molecule has 1 N–H and O–H groups in total. The van der Waals surface area contributed by atoms with Crippen molar-refractivity contribution < 1.29 is 14.3 Å². The number of hydrogen-bond acceptors (Lipinski definition) is 4. The number of nitrogens with zero attached hydrogens (tertiary/aromatic N) is 1. The fourth-order valence-electron chi connectivity index (χ4n) is 2.84. The molecule has 23 heavy (non-hydrogen) atoms. The Bertz CT molecular complexity index is 627. The summed E-state index contributed by atoms with van der Waals surface area (Å²) in [6.45, 7) is 3.34. The van der Waals surface area contributed by atoms with Gasteiger partial charge in [0.2, 0.25) is 0 Å². The van der Waals surface area contributed by atoms with Gasteiger partial charge in [0.1, 0.15) is 5.54 Å². The largest absolute Gasteiger partial charge is 0.449 e. The Morgan fingerprint density at radius 3 is 2.52 bits per heavy atom. The second kappa shape index (κ2) is 7.28. The SMILES string of the molecule is Cc1ccccc1C(=O)O[C@@H](C)C(=O)NC1(C#N)CCCCC1. The zero-order chi connectivity index (χ0) is 16.9. The summed E-state index contributed by atoms with van der Waals surface area (Å²) in [6, 6.07) is 9.29. The first kappa shape index (κ1) is 17.0. The van der Waals surface area contributed by atoms with Crippen LogP contribution in [0.25, 0.3) is 0 Å². The quantitative estimate of drug-likeness (QED) is 0.867. The summed E-state index contributed by atoms with van der Waals surface area (Å²) in [4.78, 5) is 24.4. The monoisotopic (exact) mass is 314 g/mol. The maximum absolute atomic E-state index is 12.3. The average molecular weight is 314 g/mol. The fraction of sp³-hybridized carbons (Fsp3) is 0.500. The molecule has 0 unspecified atom stereocenters. The van der Waals surface area contributed by atoms with Crippen LogP contribution in [0.5, 0.6) is 0 Å². The Labute approximate surface area is 136 Å². The molecule has 0 heterocycles. The molecular formula is C18H22N2O3. The minimum atomic E-state index is -0.936. The molecule has 1 aromatic carbocycles. The highest BCUT2D eigenvalue weighted by molar-refractivity contribution is 5.93. The van der Waals surface area contributed by atoms with Crippen LogP contribution in [0.2, 0.25) is 0 Å². The smallest absolute Gasteiger partial charge is 0.339 e. The van der Waals surface area contributed by atoms with Crippen molar-refractivity contribution >= 4 is 11.9 Å². The molecule has 1 fully saturated rings. The zero-order valence-corrected chi connectivity index (χ0v) is 13.6. The summed E-state index contributed by atoms with van der Waals surface area (Å²) in [5.74, 6) is -0.948. The van der Waals surface area contributed by atoms with Gasteiger partial charge in [-0.2, -0.15) is 5.26 Å². The van der Waals surface area contributed by atoms with Gasteiger partial charge in [-0.1, -0.05) is 37.5 Å². The van der Waals surface area contributed by atoms with Gasteiger partial charge in [-0.05, 0) is 38.3 Å². The molecule has 1 aliphatic rings. The second-order valence-corrected chi connectivity index (χ2v) is 6.11. The van der Waals surface area contributed by atoms with Gasteiger partial charge in [0.25, 0.3) is 5.91 Å². The molecule has 122 valence electrons. The van der Waals surface area contributed by atoms with E-state index in [1.807, 2.05) is 19.1 Å². The Morgan fingerprint density at radius 2 is 1.91 bits per heavy atom. The molecule has 1 saturated carbocycles. The predicted octanol–water partition coefficient (Wildman–Crippen LogP) is 2.88. The van der Waals surface area contributed by atoms with Crippen LogP contribution in [0.15, 0.2) is 24.3 Å². The Hall–Kier alpha value is -2.35. The van der Waals surface area contributed by atoms with Crippen molar-refractivity contribution in [2.45, 2.75) is 57.6 Å². The van der Waals surface area contributed by atoms with E-state index < -0.39 is 23.5 Å². The van der Waals surface area contributed by atoms with Crippen LogP contribution in [0, 0.1) is 18.3 Å². The molecule has 0 saturated heterocycles. The van der Waals surface area contributed by atoms with Gasteiger partial charge in [-0.15, -0.1) is 0 Å². The number of esters is 1. The lowest BCUT2D eigenvalue weighted by atomic mass is 9.83. The Morgan fingerprint density at radius 1 is 1.26 bits per heavy atom. The first-order valence-electron chi connectivity index (χ1n) is 7.97. The van der Waals surface area contributed by atoms with Crippen LogP contribution in [0.3, 0.4) is 0 Å². The molecule has 0 bridgehead atoms. The average Bonchev–Trinajstić information content (AvgIpc) is 2.55. The lowest BCUT2D eigenvalue weighted by Gasteiger charge is -2.32. The molecule has 1 atom stereocenters. The minimum Gasteiger partial charge on any atom is -0.449 e. The van der Waals surface area contributed by atoms with Crippen LogP contribution >= 0.6 is 0 Å². The number of benzene rings is 1. The summed E-state index contributed by atoms with van der Waals surface area (Å²) in [5.41, 5.74) is 0.421. The van der Waals surface area contributed by atoms with Crippen LogP contribution in [0.1, 0.15) is 54.9 Å². The molecule has 0 radical (unpaired) electrons. The first-order valence-corrected chi connectivity index (χ1v) is 7.97. The van der Waals surface area contributed by atoms with Crippen molar-refractivity contribution in [2.24, 2.45) is 0 Å². The first-order chi connectivity index (χ1) is 11.0. The van der Waals surface area contributed by atoms with Gasteiger partial charge in [-0.25, -0.2) is 4.79 Å². The Kier molecular flexibility index (Phi) is 5.38. The highest BCUT2D eigenvalue weighted by Crippen LogP contribution is 2.27. The fourth-order valence-corrected chi connectivity index (χ4v) is 2.84. The molecular weight excluding hydrogens is 292 g/mol. The van der Waals surface area contributed by atoms with Gasteiger partial charge < -0.3 is 10.1 Å². The summed E-state index contributed by atoms with van der Waals surface area (Å²) >= 11 is 0. The zero-order valence-electron chi connectivity index (χ0n) is 13.6. The Balaban J connectivity index is 1.99. The van der Waals surface area contributed by atoms with Crippen molar-refractivity contribution in [3.63, 3.8) is 0 Å². The lowest BCUT2D eigenvalue weighted by molar-refractivity contribution is -0.130. The van der Waals surface area contributed by atoms with Crippen molar-refractivity contribution in [3.8, 4) is 6.07 Å². The van der Waals surface area contributed by atoms with E-state index in [0.29, 0.717) is 18.4 Å². The maximum atomic E-state index is 12.3. The summed E-state index contributed by atoms with van der Waals surface area (Å²) in [6.07, 6.45) is 3.28. The van der Waals surface area contributed by atoms with E-state index in [0.717, 1.165) is 24.8 Å². The number of nitriles is 1. The van der Waals surface area contributed by atoms with Crippen LogP contribution in [-0.4, -0.2) is 23.5 Å². The van der Waals surface area contributed by atoms with E-state index in [1.165, 1.54) is 6.92 Å². The number of rotatable bonds is 4. The number of nitrogens with one attached hydrogen (secondary N) is 1. The third-order valence-corrected chi connectivity index (χ3v) is 4.30. The molecule has 0 aromatic heterocycles. The van der Waals surface area contributed by atoms with Crippen LogP contribution in [0.4, 0.5) is 0 Å². The van der Waals surface area contributed by atoms with Gasteiger partial charge >= 0.3 is 5.97 Å². The number of carbonyl (C=O) groups is 2. The predicted molar refractivity (Wildman–Crippen MR) is 85.6 cm³/mol. The number of ether oxygens (including phenoxy) is 1. The third-order valence-electron chi connectivity index (χ3n) is 4.30. The van der Waals surface area contributed by atoms with Crippen molar-refractivity contribution in [3.05, 3.63) is 35.4 Å². The standard InChI is InChI=1S/C18H22N2O3/c1-13-8-4-5-9-15(13)17(22)23-14(2)16(21)20-18(12-19)10-6-3-7-11-18/h4-5,8-9,14H,3,6-7,10-11H2,1-2H3,(H,20,21)/t14-/m0/s1. The van der Waals surface area contributed by atoms with Crippen molar-refractivity contribution in [2.75, 3.05) is 0 Å². The number of hydrogen-bond donors (Lipinski definition) is 1. The summed E-state index contributed by atoms with van der Waals surface area (Å²) in [7, 11) is 0. The molecule has 1 aliphatic carbocycles. The molecule has 1 aromatic rings. The second-order valence-electron chi connectivity index (χ2n) is 6.11. The highest BCUT2D eigenvalue weighted by atomic mass is 16.5. The summed E-state index contributed by atoms with van der Waals surface area (Å²) in [5, 5.41) is 12.2. The van der Waals surface area contributed by atoms with E-state index in [2.05, 4.69) is 11.4 Å². The third kappa shape index (κ3) is 4.10. The van der Waals surface area contributed by atoms with Gasteiger partial charge in [0.15, 0.2) is 6.10 Å². The number of aryl methyl sites for hydroxylation is 1. The van der Waals surface area contributed by atoms with Crippen molar-refractivity contribution in [1.82, 2.24) is 5.32 Å². The van der Waals surface area contributed by atoms with Crippen molar-refractivity contribution in [1.29, 1.82) is 5.26 Å². The molecule has 0 spiro atoms. The normalized spacial score (nSPS) is 17.6. The molecule has 0 aliphatic heterocycles. The van der Waals surface area contributed by atoms with Crippen LogP contribution in [-0.2, 0) is 9.53 Å². The van der Waals surface area contributed by atoms with Gasteiger partial charge in [-0.3, -0.25) is 4.79 Å². The van der Waals surface area contributed by atoms with E-state index >= 15 is 0 Å². The maximum Gasteiger partial charge on any atom is 0.339 e. The van der Waals surface area contributed by atoms with Gasteiger partial charge in [0.05, 0.1) is 11.6 Å². The van der Waals surface area contributed by atoms with Crippen LogP contribution < -0.4 is 5.32 Å². The lowest BCUT2D eigenvalue weighted by Crippen LogP contribution is -2.52. The van der Waals surface area contributed by atoms with E-state index in [-0.39, 0.29) is 0 Å². The topological polar surface area (TPSA) is 79.2 Å².